The van der Waals surface area contributed by atoms with Crippen LogP contribution < -0.4 is 20.8 Å². The number of aliphatic hydroxyl groups excluding tert-OH is 1. The molecule has 0 aliphatic carbocycles. The van der Waals surface area contributed by atoms with Crippen molar-refractivity contribution in [3.8, 4) is 0 Å². The number of piperidine rings is 1. The number of thiol groups is 1. The molecule has 3 unspecified atom stereocenters. The third-order valence-electron chi connectivity index (χ3n) is 4.52. The van der Waals surface area contributed by atoms with E-state index in [9.17, 15) is 23.7 Å². The number of anilines is 1. The molecule has 0 amide bonds. The second-order valence-electron chi connectivity index (χ2n) is 6.58. The normalized spacial score (nSPS) is 17.2. The van der Waals surface area contributed by atoms with Crippen molar-refractivity contribution in [2.45, 2.75) is 25.9 Å². The lowest BCUT2D eigenvalue weighted by atomic mass is 9.94. The minimum Gasteiger partial charge on any atom is -0.591 e. The van der Waals surface area contributed by atoms with Crippen LogP contribution in [-0.2, 0) is 4.57 Å². The second-order valence-corrected chi connectivity index (χ2v) is 8.02. The number of benzene rings is 2. The standard InChI is InChI=1S/C7H7ClFN.C7H15NO.C7H5O3P.CH4S/c1-10-5-2-3-7(9)6(8)4-5;1-2-6-5-8-4-3-7(6)9;8-5-6-2-1-3-7(4-6)11(9)10;1-2/h2-4,10H,1H3;6-9H,2-5H2,1H3;1-5H;2H,1H3. The van der Waals surface area contributed by atoms with Crippen molar-refractivity contribution in [3.05, 3.63) is 58.9 Å². The van der Waals surface area contributed by atoms with E-state index in [1.165, 1.54) is 30.3 Å². The van der Waals surface area contributed by atoms with E-state index in [1.807, 2.05) is 0 Å². The lowest BCUT2D eigenvalue weighted by molar-refractivity contribution is -0.160. The maximum absolute atomic E-state index is 12.5. The molecule has 1 saturated heterocycles. The number of carbonyl (C=O) groups is 1. The van der Waals surface area contributed by atoms with E-state index in [4.69, 9.17) is 11.6 Å². The van der Waals surface area contributed by atoms with Crippen LogP contribution in [0.3, 0.4) is 0 Å². The molecule has 10 heteroatoms. The average molecular weight is 505 g/mol. The van der Waals surface area contributed by atoms with Crippen LogP contribution in [0, 0.1) is 11.7 Å². The van der Waals surface area contributed by atoms with E-state index < -0.39 is 8.03 Å². The van der Waals surface area contributed by atoms with Crippen LogP contribution in [0.25, 0.3) is 0 Å². The molecule has 0 radical (unpaired) electrons. The fourth-order valence-electron chi connectivity index (χ4n) is 2.69. The second kappa shape index (κ2) is 18.0. The monoisotopic (exact) mass is 504 g/mol. The Morgan fingerprint density at radius 1 is 1.34 bits per heavy atom. The summed E-state index contributed by atoms with van der Waals surface area (Å²) in [4.78, 5) is 20.6. The Balaban J connectivity index is 0.000000435. The van der Waals surface area contributed by atoms with Gasteiger partial charge in [-0.2, -0.15) is 12.6 Å². The maximum atomic E-state index is 12.5. The Bertz CT molecular complexity index is 832. The number of hydrogen-bond acceptors (Lipinski definition) is 7. The largest absolute Gasteiger partial charge is 0.591 e. The molecular formula is C22H31ClFN2O4PS. The molecule has 1 fully saturated rings. The Hall–Kier alpha value is -1.54. The molecule has 0 aromatic heterocycles. The first-order valence-corrected chi connectivity index (χ1v) is 12.4. The number of aldehydes is 1. The molecule has 1 heterocycles. The van der Waals surface area contributed by atoms with Gasteiger partial charge in [-0.15, -0.1) is 0 Å². The van der Waals surface area contributed by atoms with E-state index in [2.05, 4.69) is 30.2 Å². The van der Waals surface area contributed by atoms with Gasteiger partial charge in [0, 0.05) is 30.9 Å². The first-order valence-electron chi connectivity index (χ1n) is 9.98. The number of halogens is 2. The first-order chi connectivity index (χ1) is 15.3. The third kappa shape index (κ3) is 11.9. The van der Waals surface area contributed by atoms with Crippen molar-refractivity contribution in [1.82, 2.24) is 5.32 Å². The molecule has 3 N–H and O–H groups in total. The fourth-order valence-corrected chi connectivity index (χ4v) is 3.33. The topological polar surface area (TPSA) is 101 Å². The van der Waals surface area contributed by atoms with E-state index >= 15 is 0 Å². The molecule has 1 aliphatic heterocycles. The predicted octanol–water partition coefficient (Wildman–Crippen LogP) is 3.66. The smallest absolute Gasteiger partial charge is 0.348 e. The van der Waals surface area contributed by atoms with E-state index in [-0.39, 0.29) is 22.2 Å². The summed E-state index contributed by atoms with van der Waals surface area (Å²) in [7, 11) is -0.823. The van der Waals surface area contributed by atoms with Crippen LogP contribution in [0.15, 0.2) is 42.5 Å². The summed E-state index contributed by atoms with van der Waals surface area (Å²) in [6, 6.07) is 10.4. The van der Waals surface area contributed by atoms with Gasteiger partial charge in [0.2, 0.25) is 0 Å². The molecule has 1 aliphatic rings. The van der Waals surface area contributed by atoms with Crippen LogP contribution in [0.2, 0.25) is 5.02 Å². The molecule has 2 aromatic rings. The summed E-state index contributed by atoms with van der Waals surface area (Å²) in [5, 5.41) is 15.7. The van der Waals surface area contributed by atoms with Crippen LogP contribution in [0.4, 0.5) is 10.1 Å². The van der Waals surface area contributed by atoms with Gasteiger partial charge in [0.1, 0.15) is 12.1 Å². The number of hydrogen-bond donors (Lipinski definition) is 4. The number of rotatable bonds is 4. The van der Waals surface area contributed by atoms with Crippen molar-refractivity contribution >= 4 is 49.5 Å². The highest BCUT2D eigenvalue weighted by Gasteiger charge is 2.20. The predicted molar refractivity (Wildman–Crippen MR) is 132 cm³/mol. The zero-order chi connectivity index (χ0) is 24.5. The molecule has 32 heavy (non-hydrogen) atoms. The van der Waals surface area contributed by atoms with Crippen molar-refractivity contribution in [3.63, 3.8) is 0 Å². The van der Waals surface area contributed by atoms with Gasteiger partial charge in [0.25, 0.3) is 0 Å². The minimum absolute atomic E-state index is 0.0451. The zero-order valence-electron chi connectivity index (χ0n) is 18.4. The van der Waals surface area contributed by atoms with Crippen LogP contribution in [0.1, 0.15) is 30.1 Å². The quantitative estimate of drug-likeness (QED) is 0.288. The average Bonchev–Trinajstić information content (AvgIpc) is 2.83. The lowest BCUT2D eigenvalue weighted by Gasteiger charge is -2.26. The summed E-state index contributed by atoms with van der Waals surface area (Å²) >= 11 is 9.01. The summed E-state index contributed by atoms with van der Waals surface area (Å²) in [5.41, 5.74) is 1.19. The van der Waals surface area contributed by atoms with Gasteiger partial charge in [-0.25, -0.2) is 4.39 Å². The van der Waals surface area contributed by atoms with Gasteiger partial charge < -0.3 is 20.6 Å². The minimum atomic E-state index is -2.58. The molecule has 0 spiro atoms. The number of nitrogens with one attached hydrogen (secondary N) is 2. The molecule has 3 atom stereocenters. The maximum Gasteiger partial charge on any atom is 0.348 e. The Labute approximate surface area is 200 Å². The highest BCUT2D eigenvalue weighted by Crippen LogP contribution is 2.18. The molecule has 0 bridgehead atoms. The van der Waals surface area contributed by atoms with Crippen LogP contribution in [0.5, 0.6) is 0 Å². The van der Waals surface area contributed by atoms with Gasteiger partial charge in [-0.3, -0.25) is 4.79 Å². The molecular weight excluding hydrogens is 474 g/mol. The SMILES string of the molecule is CCC1CNCCC1O.CNc1ccc(F)c(Cl)c1.CS.O=Cc1cccc([P+](=O)[O-])c1. The summed E-state index contributed by atoms with van der Waals surface area (Å²) in [6.45, 7) is 4.11. The zero-order valence-corrected chi connectivity index (χ0v) is 21.0. The van der Waals surface area contributed by atoms with Crippen molar-refractivity contribution in [2.75, 3.05) is 31.7 Å². The fraction of sp³-hybridized carbons (Fsp3) is 0.409. The Morgan fingerprint density at radius 3 is 2.50 bits per heavy atom. The summed E-state index contributed by atoms with van der Waals surface area (Å²) in [5.74, 6) is 0.111. The van der Waals surface area contributed by atoms with Gasteiger partial charge >= 0.3 is 8.03 Å². The Morgan fingerprint density at radius 2 is 2.03 bits per heavy atom. The summed E-state index contributed by atoms with van der Waals surface area (Å²) in [6.07, 6.45) is 4.28. The van der Waals surface area contributed by atoms with Crippen LogP contribution in [-0.4, -0.2) is 43.9 Å². The van der Waals surface area contributed by atoms with Crippen LogP contribution >= 0.6 is 32.3 Å². The van der Waals surface area contributed by atoms with Gasteiger partial charge in [0.15, 0.2) is 5.30 Å². The van der Waals surface area contributed by atoms with E-state index in [0.717, 1.165) is 31.6 Å². The molecule has 6 nitrogen and oxygen atoms in total. The van der Waals surface area contributed by atoms with Gasteiger partial charge in [-0.05, 0) is 55.8 Å². The summed E-state index contributed by atoms with van der Waals surface area (Å²) < 4.78 is 22.9. The highest BCUT2D eigenvalue weighted by atomic mass is 35.5. The Kier molecular flexibility index (Phi) is 17.1. The van der Waals surface area contributed by atoms with Crippen molar-refractivity contribution < 1.29 is 23.7 Å². The molecule has 3 rings (SSSR count). The van der Waals surface area contributed by atoms with Gasteiger partial charge in [-0.1, -0.05) is 35.2 Å². The highest BCUT2D eigenvalue weighted by molar-refractivity contribution is 7.79. The van der Waals surface area contributed by atoms with Crippen molar-refractivity contribution in [2.24, 2.45) is 5.92 Å². The van der Waals surface area contributed by atoms with Gasteiger partial charge in [0.05, 0.1) is 11.1 Å². The molecule has 2 aromatic carbocycles. The van der Waals surface area contributed by atoms with E-state index in [0.29, 0.717) is 17.8 Å². The third-order valence-corrected chi connectivity index (χ3v) is 5.51. The molecule has 0 saturated carbocycles. The van der Waals surface area contributed by atoms with E-state index in [1.54, 1.807) is 25.4 Å². The lowest BCUT2D eigenvalue weighted by Crippen LogP contribution is -2.39. The van der Waals surface area contributed by atoms with Crippen molar-refractivity contribution in [1.29, 1.82) is 0 Å². The number of aliphatic hydroxyl groups is 1. The first kappa shape index (κ1) is 30.5. The molecule has 178 valence electrons. The number of carbonyl (C=O) groups excluding carboxylic acids is 1.